The van der Waals surface area contributed by atoms with Crippen molar-refractivity contribution in [3.05, 3.63) is 347 Å². The lowest BCUT2D eigenvalue weighted by atomic mass is 10.1. The number of nitrogens with one attached hydrogen (secondary N) is 6. The molecule has 15 aromatic rings. The molecule has 20 nitrogen and oxygen atoms in total. The van der Waals surface area contributed by atoms with E-state index in [2.05, 4.69) is 140 Å². The van der Waals surface area contributed by atoms with E-state index >= 15 is 0 Å². The summed E-state index contributed by atoms with van der Waals surface area (Å²) >= 11 is 22.2. The zero-order valence-electron chi connectivity index (χ0n) is 54.0. The maximum Gasteiger partial charge on any atom is 0.224 e. The average Bonchev–Trinajstić information content (AvgIpc) is 1.66. The van der Waals surface area contributed by atoms with Crippen molar-refractivity contribution >= 4 is 91.7 Å². The fourth-order valence-electron chi connectivity index (χ4n) is 9.05. The third-order valence-corrected chi connectivity index (χ3v) is 14.8. The molecule has 9 aromatic heterocycles. The van der Waals surface area contributed by atoms with Crippen LogP contribution < -0.4 is 32.7 Å². The Hall–Kier alpha value is -11.6. The van der Waals surface area contributed by atoms with Gasteiger partial charge >= 0.3 is 0 Å². The Labute approximate surface area is 599 Å². The molecule has 0 amide bonds. The van der Waals surface area contributed by atoms with Crippen LogP contribution >= 0.6 is 46.4 Å². The standard InChI is InChI=1S/2C18H15N5.2C11H10ClN3.2C7H9N.C4H2Cl2N2/c1-2-5-13(6-3-1)11-21-16-8-10-20-18(23-16)15-12-22-17-14(15)7-4-9-19-17;1-2-5-13(6-3-1)10-20-17-9-16(22-12-23-17)15-11-21-18-14(15)7-4-8-19-18;12-10-6-11(15-8-14-10)13-7-9-4-2-1-3-5-9;12-11-13-7-6-10(15-11)14-8-9-4-2-1-3-5-9;2*8-6-7-4-2-1-3-5-7;5-3-1-4(6)8-2-7-3/h1-10,12H,11H2,(H,19,22)(H,20,21,23);1-9,11-12H,10H2,(H,19,21)(H,20,22,23);1-6,8H,7H2,(H,13,14,15);1-7H,8H2,(H,13,14,15);2*1-5H,6,8H2;1-2H. The molecule has 0 aliphatic carbocycles. The van der Waals surface area contributed by atoms with Gasteiger partial charge in [0.2, 0.25) is 5.28 Å². The Morgan fingerprint density at radius 1 is 0.310 bits per heavy atom. The number of pyridine rings is 2. The minimum absolute atomic E-state index is 0.257. The quantitative estimate of drug-likeness (QED) is 0.0329. The van der Waals surface area contributed by atoms with Crippen molar-refractivity contribution in [1.82, 2.24) is 69.8 Å². The number of nitrogens with zero attached hydrogens (tertiary/aromatic N) is 12. The molecule has 24 heteroatoms. The normalized spacial score (nSPS) is 10.1. The molecule has 10 N–H and O–H groups in total. The Morgan fingerprint density at radius 3 is 1.09 bits per heavy atom. The molecule has 0 aliphatic rings. The molecule has 100 heavy (non-hydrogen) atoms. The summed E-state index contributed by atoms with van der Waals surface area (Å²) in [6.07, 6.45) is 15.1. The monoisotopic (exact) mass is 1400 g/mol. The third kappa shape index (κ3) is 25.1. The number of benzene rings is 6. The van der Waals surface area contributed by atoms with Crippen molar-refractivity contribution in [2.75, 3.05) is 21.3 Å². The maximum absolute atomic E-state index is 5.74. The van der Waals surface area contributed by atoms with E-state index in [0.29, 0.717) is 34.4 Å². The van der Waals surface area contributed by atoms with Crippen molar-refractivity contribution in [2.24, 2.45) is 11.5 Å². The number of halogens is 4. The second-order valence-corrected chi connectivity index (χ2v) is 22.6. The molecule has 15 rings (SSSR count). The van der Waals surface area contributed by atoms with Crippen molar-refractivity contribution in [3.8, 4) is 22.6 Å². The summed E-state index contributed by atoms with van der Waals surface area (Å²) in [7, 11) is 0. The number of hydrogen-bond donors (Lipinski definition) is 8. The number of rotatable bonds is 16. The topological polar surface area (TPSA) is 286 Å². The van der Waals surface area contributed by atoms with E-state index in [4.69, 9.17) is 57.9 Å². The minimum Gasteiger partial charge on any atom is -0.366 e. The van der Waals surface area contributed by atoms with Gasteiger partial charge < -0.3 is 42.7 Å². The first kappa shape index (κ1) is 72.6. The van der Waals surface area contributed by atoms with Crippen LogP contribution in [0.25, 0.3) is 44.7 Å². The Bertz CT molecular complexity index is 4480. The van der Waals surface area contributed by atoms with Crippen LogP contribution in [0.3, 0.4) is 0 Å². The molecule has 0 spiro atoms. The summed E-state index contributed by atoms with van der Waals surface area (Å²) < 4.78 is 0. The molecule has 502 valence electrons. The summed E-state index contributed by atoms with van der Waals surface area (Å²) in [5, 5.41) is 16.5. The molecule has 0 atom stereocenters. The van der Waals surface area contributed by atoms with Crippen LogP contribution in [0.4, 0.5) is 23.3 Å². The molecular formula is C76H70Cl4N20. The van der Waals surface area contributed by atoms with Gasteiger partial charge in [0, 0.05) is 117 Å². The van der Waals surface area contributed by atoms with Gasteiger partial charge in [0.15, 0.2) is 5.82 Å². The van der Waals surface area contributed by atoms with Gasteiger partial charge in [0.05, 0.1) is 5.69 Å². The molecule has 0 saturated carbocycles. The van der Waals surface area contributed by atoms with Crippen molar-refractivity contribution in [3.63, 3.8) is 0 Å². The number of fused-ring (bicyclic) bond motifs is 2. The Morgan fingerprint density at radius 2 is 0.680 bits per heavy atom. The van der Waals surface area contributed by atoms with Gasteiger partial charge in [0.1, 0.15) is 69.0 Å². The first-order chi connectivity index (χ1) is 49.1. The number of hydrogen-bond acceptors (Lipinski definition) is 18. The third-order valence-electron chi connectivity index (χ3n) is 14.0. The highest BCUT2D eigenvalue weighted by atomic mass is 35.5. The number of anilines is 4. The molecule has 0 aliphatic heterocycles. The summed E-state index contributed by atoms with van der Waals surface area (Å²) in [6.45, 7) is 4.20. The van der Waals surface area contributed by atoms with Crippen LogP contribution in [0.1, 0.15) is 33.4 Å². The molecule has 0 fully saturated rings. The lowest BCUT2D eigenvalue weighted by molar-refractivity contribution is 1.07. The first-order valence-electron chi connectivity index (χ1n) is 31.3. The van der Waals surface area contributed by atoms with Gasteiger partial charge in [-0.25, -0.2) is 59.8 Å². The van der Waals surface area contributed by atoms with Gasteiger partial charge in [-0.05, 0) is 81.4 Å². The van der Waals surface area contributed by atoms with Crippen LogP contribution in [-0.4, -0.2) is 69.8 Å². The van der Waals surface area contributed by atoms with Gasteiger partial charge in [-0.15, -0.1) is 0 Å². The largest absolute Gasteiger partial charge is 0.366 e. The number of aromatic nitrogens is 14. The SMILES string of the molecule is Clc1cc(Cl)ncn1.Clc1cc(NCc2ccccc2)ncn1.Clc1nccc(NCc2ccccc2)n1.NCc1ccccc1.NCc1ccccc1.c1ccc(CNc2cc(-c3c[nH]c4ncccc34)ncn2)cc1.c1ccc(CNc2ccnc(-c3c[nH]c4ncccc34)n2)cc1. The molecule has 0 radical (unpaired) electrons. The second kappa shape index (κ2) is 40.8. The van der Waals surface area contributed by atoms with Gasteiger partial charge in [-0.1, -0.05) is 217 Å². The van der Waals surface area contributed by atoms with E-state index in [1.807, 2.05) is 182 Å². The van der Waals surface area contributed by atoms with E-state index in [0.717, 1.165) is 88.3 Å². The molecule has 0 unspecified atom stereocenters. The Kier molecular flexibility index (Phi) is 29.7. The van der Waals surface area contributed by atoms with Crippen molar-refractivity contribution in [1.29, 1.82) is 0 Å². The van der Waals surface area contributed by atoms with Gasteiger partial charge in [0.25, 0.3) is 0 Å². The van der Waals surface area contributed by atoms with Crippen LogP contribution in [0.2, 0.25) is 20.7 Å². The molecule has 0 saturated heterocycles. The fourth-order valence-corrected chi connectivity index (χ4v) is 9.70. The zero-order valence-corrected chi connectivity index (χ0v) is 57.0. The van der Waals surface area contributed by atoms with E-state index in [9.17, 15) is 0 Å². The first-order valence-corrected chi connectivity index (χ1v) is 32.8. The predicted octanol–water partition coefficient (Wildman–Crippen LogP) is 16.8. The minimum atomic E-state index is 0.257. The van der Waals surface area contributed by atoms with Crippen LogP contribution in [0, 0.1) is 0 Å². The maximum atomic E-state index is 5.74. The molecule has 0 bridgehead atoms. The lowest BCUT2D eigenvalue weighted by Crippen LogP contribution is -2.02. The van der Waals surface area contributed by atoms with Crippen LogP contribution in [0.15, 0.2) is 293 Å². The highest BCUT2D eigenvalue weighted by Crippen LogP contribution is 2.28. The average molecular weight is 1410 g/mol. The van der Waals surface area contributed by atoms with Gasteiger partial charge in [-0.3, -0.25) is 0 Å². The summed E-state index contributed by atoms with van der Waals surface area (Å²) in [5.41, 5.74) is 22.5. The number of nitrogens with two attached hydrogens (primary N) is 2. The van der Waals surface area contributed by atoms with E-state index in [-0.39, 0.29) is 5.28 Å². The second-order valence-electron chi connectivity index (χ2n) is 21.1. The van der Waals surface area contributed by atoms with Crippen molar-refractivity contribution in [2.45, 2.75) is 39.3 Å². The van der Waals surface area contributed by atoms with Gasteiger partial charge in [-0.2, -0.15) is 0 Å². The number of aromatic amines is 2. The van der Waals surface area contributed by atoms with E-state index in [1.165, 1.54) is 52.1 Å². The highest BCUT2D eigenvalue weighted by molar-refractivity contribution is 6.33. The smallest absolute Gasteiger partial charge is 0.224 e. The van der Waals surface area contributed by atoms with Crippen molar-refractivity contribution < 1.29 is 0 Å². The zero-order chi connectivity index (χ0) is 69.6. The molecule has 9 heterocycles. The Balaban J connectivity index is 0.000000142. The van der Waals surface area contributed by atoms with E-state index < -0.39 is 0 Å². The van der Waals surface area contributed by atoms with E-state index in [1.54, 1.807) is 43.2 Å². The lowest BCUT2D eigenvalue weighted by Gasteiger charge is -2.06. The summed E-state index contributed by atoms with van der Waals surface area (Å²) in [6, 6.07) is 77.3. The molecule has 6 aromatic carbocycles. The highest BCUT2D eigenvalue weighted by Gasteiger charge is 2.11. The van der Waals surface area contributed by atoms with Crippen LogP contribution in [-0.2, 0) is 39.3 Å². The number of H-pyrrole nitrogens is 2. The summed E-state index contributed by atoms with van der Waals surface area (Å²) in [4.78, 5) is 55.5. The van der Waals surface area contributed by atoms with Crippen LogP contribution in [0.5, 0.6) is 0 Å². The fraction of sp³-hybridized carbons (Fsp3) is 0.0789. The predicted molar refractivity (Wildman–Crippen MR) is 404 cm³/mol. The molecular weight excluding hydrogens is 1330 g/mol. The summed E-state index contributed by atoms with van der Waals surface area (Å²) in [5.74, 6) is 3.76.